The largest absolute Gasteiger partial charge is 0.416 e. The van der Waals surface area contributed by atoms with Crippen molar-refractivity contribution in [3.63, 3.8) is 0 Å². The molecule has 1 aromatic rings. The number of alkyl halides is 3. The summed E-state index contributed by atoms with van der Waals surface area (Å²) in [5, 5.41) is 3.21. The van der Waals surface area contributed by atoms with E-state index in [2.05, 4.69) is 5.32 Å². The molecule has 0 aromatic heterocycles. The number of rotatable bonds is 1. The maximum atomic E-state index is 14.1. The summed E-state index contributed by atoms with van der Waals surface area (Å²) in [6.07, 6.45) is -2.63. The molecular weight excluding hydrogens is 300 g/mol. The van der Waals surface area contributed by atoms with E-state index in [9.17, 15) is 22.4 Å². The molecule has 3 rings (SSSR count). The van der Waals surface area contributed by atoms with Crippen LogP contribution in [0.1, 0.15) is 24.8 Å². The van der Waals surface area contributed by atoms with Crippen molar-refractivity contribution in [1.82, 2.24) is 5.32 Å². The second kappa shape index (κ2) is 5.22. The SMILES string of the molecule is O=C1CC2(CCNCC2)CN1c1ccc(C(F)(F)F)cc1F. The van der Waals surface area contributed by atoms with E-state index in [1.807, 2.05) is 0 Å². The van der Waals surface area contributed by atoms with Gasteiger partial charge in [-0.3, -0.25) is 4.79 Å². The third-order valence-electron chi connectivity index (χ3n) is 4.55. The molecule has 0 atom stereocenters. The van der Waals surface area contributed by atoms with Gasteiger partial charge in [0, 0.05) is 13.0 Å². The van der Waals surface area contributed by atoms with Gasteiger partial charge in [-0.05, 0) is 49.5 Å². The van der Waals surface area contributed by atoms with E-state index < -0.39 is 17.6 Å². The zero-order chi connectivity index (χ0) is 16.0. The van der Waals surface area contributed by atoms with E-state index in [0.29, 0.717) is 19.0 Å². The molecule has 1 N–H and O–H groups in total. The lowest BCUT2D eigenvalue weighted by Gasteiger charge is -2.33. The van der Waals surface area contributed by atoms with Gasteiger partial charge in [-0.25, -0.2) is 4.39 Å². The van der Waals surface area contributed by atoms with Crippen LogP contribution in [-0.4, -0.2) is 25.5 Å². The van der Waals surface area contributed by atoms with Crippen LogP contribution < -0.4 is 10.2 Å². The Hall–Kier alpha value is -1.63. The van der Waals surface area contributed by atoms with E-state index in [-0.39, 0.29) is 17.0 Å². The van der Waals surface area contributed by atoms with Crippen LogP contribution >= 0.6 is 0 Å². The van der Waals surface area contributed by atoms with E-state index in [4.69, 9.17) is 0 Å². The molecule has 2 fully saturated rings. The number of anilines is 1. The van der Waals surface area contributed by atoms with Crippen molar-refractivity contribution in [3.05, 3.63) is 29.6 Å². The van der Waals surface area contributed by atoms with Crippen LogP contribution in [0.5, 0.6) is 0 Å². The summed E-state index contributed by atoms with van der Waals surface area (Å²) in [5.74, 6) is -1.23. The zero-order valence-electron chi connectivity index (χ0n) is 11.8. The number of carbonyl (C=O) groups excluding carboxylic acids is 1. The molecule has 7 heteroatoms. The van der Waals surface area contributed by atoms with Crippen LogP contribution in [0.15, 0.2) is 18.2 Å². The molecule has 0 saturated carbocycles. The molecule has 2 saturated heterocycles. The Balaban J connectivity index is 1.87. The standard InChI is InChI=1S/C15H16F4N2O/c16-11-7-10(15(17,18)19)1-2-12(11)21-9-14(8-13(21)22)3-5-20-6-4-14/h1-2,7,20H,3-6,8-9H2. The fraction of sp³-hybridized carbons (Fsp3) is 0.533. The first-order valence-corrected chi connectivity index (χ1v) is 7.19. The van der Waals surface area contributed by atoms with Crippen molar-refractivity contribution >= 4 is 11.6 Å². The fourth-order valence-electron chi connectivity index (χ4n) is 3.31. The van der Waals surface area contributed by atoms with Gasteiger partial charge in [-0.2, -0.15) is 13.2 Å². The van der Waals surface area contributed by atoms with Gasteiger partial charge in [0.2, 0.25) is 5.91 Å². The summed E-state index contributed by atoms with van der Waals surface area (Å²) >= 11 is 0. The van der Waals surface area contributed by atoms with E-state index in [1.165, 1.54) is 4.90 Å². The van der Waals surface area contributed by atoms with Gasteiger partial charge in [-0.15, -0.1) is 0 Å². The summed E-state index contributed by atoms with van der Waals surface area (Å²) in [4.78, 5) is 13.5. The Morgan fingerprint density at radius 1 is 1.18 bits per heavy atom. The maximum Gasteiger partial charge on any atom is 0.416 e. The number of amides is 1. The molecule has 0 aliphatic carbocycles. The van der Waals surface area contributed by atoms with E-state index >= 15 is 0 Å². The topological polar surface area (TPSA) is 32.3 Å². The van der Waals surface area contributed by atoms with Crippen LogP contribution in [0.2, 0.25) is 0 Å². The van der Waals surface area contributed by atoms with Gasteiger partial charge in [-0.1, -0.05) is 0 Å². The monoisotopic (exact) mass is 316 g/mol. The first-order valence-electron chi connectivity index (χ1n) is 7.19. The van der Waals surface area contributed by atoms with E-state index in [1.54, 1.807) is 0 Å². The highest BCUT2D eigenvalue weighted by Crippen LogP contribution is 2.42. The second-order valence-electron chi connectivity index (χ2n) is 6.07. The van der Waals surface area contributed by atoms with Crippen LogP contribution in [0.25, 0.3) is 0 Å². The summed E-state index contributed by atoms with van der Waals surface area (Å²) in [5.41, 5.74) is -1.29. The van der Waals surface area contributed by atoms with Crippen LogP contribution in [0.3, 0.4) is 0 Å². The molecule has 0 bridgehead atoms. The molecule has 2 aliphatic rings. The number of nitrogens with zero attached hydrogens (tertiary/aromatic N) is 1. The maximum absolute atomic E-state index is 14.1. The quantitative estimate of drug-likeness (QED) is 0.808. The lowest BCUT2D eigenvalue weighted by molar-refractivity contribution is -0.137. The van der Waals surface area contributed by atoms with Crippen molar-refractivity contribution in [2.24, 2.45) is 5.41 Å². The second-order valence-corrected chi connectivity index (χ2v) is 6.07. The fourth-order valence-corrected chi connectivity index (χ4v) is 3.31. The van der Waals surface area contributed by atoms with Crippen molar-refractivity contribution in [1.29, 1.82) is 0 Å². The highest BCUT2D eigenvalue weighted by Gasteiger charge is 2.45. The predicted octanol–water partition coefficient (Wildman–Crippen LogP) is 2.95. The Morgan fingerprint density at radius 3 is 2.45 bits per heavy atom. The molecule has 120 valence electrons. The average molecular weight is 316 g/mol. The van der Waals surface area contributed by atoms with Gasteiger partial charge in [0.1, 0.15) is 5.82 Å². The van der Waals surface area contributed by atoms with Gasteiger partial charge < -0.3 is 10.2 Å². The third-order valence-corrected chi connectivity index (χ3v) is 4.55. The lowest BCUT2D eigenvalue weighted by atomic mass is 9.78. The molecule has 0 unspecified atom stereocenters. The molecule has 0 radical (unpaired) electrons. The minimum atomic E-state index is -4.59. The number of piperidine rings is 1. The van der Waals surface area contributed by atoms with Crippen molar-refractivity contribution in [2.45, 2.75) is 25.4 Å². The zero-order valence-corrected chi connectivity index (χ0v) is 11.8. The van der Waals surface area contributed by atoms with Gasteiger partial charge in [0.05, 0.1) is 11.3 Å². The van der Waals surface area contributed by atoms with Crippen molar-refractivity contribution < 1.29 is 22.4 Å². The summed E-state index contributed by atoms with van der Waals surface area (Å²) in [6.45, 7) is 1.98. The normalized spacial score (nSPS) is 21.6. The molecule has 2 aliphatic heterocycles. The summed E-state index contributed by atoms with van der Waals surface area (Å²) in [6, 6.07) is 2.32. The molecular formula is C15H16F4N2O. The first kappa shape index (κ1) is 15.3. The number of halogens is 4. The summed E-state index contributed by atoms with van der Waals surface area (Å²) in [7, 11) is 0. The van der Waals surface area contributed by atoms with Crippen LogP contribution in [0.4, 0.5) is 23.2 Å². The Bertz CT molecular complexity index is 594. The first-order chi connectivity index (χ1) is 10.3. The molecule has 1 aromatic carbocycles. The highest BCUT2D eigenvalue weighted by molar-refractivity contribution is 5.96. The van der Waals surface area contributed by atoms with Crippen LogP contribution in [-0.2, 0) is 11.0 Å². The predicted molar refractivity (Wildman–Crippen MR) is 72.9 cm³/mol. The minimum Gasteiger partial charge on any atom is -0.317 e. The number of carbonyl (C=O) groups is 1. The number of nitrogens with one attached hydrogen (secondary N) is 1. The lowest BCUT2D eigenvalue weighted by Crippen LogP contribution is -2.38. The molecule has 3 nitrogen and oxygen atoms in total. The number of benzene rings is 1. The van der Waals surface area contributed by atoms with Crippen molar-refractivity contribution in [3.8, 4) is 0 Å². The average Bonchev–Trinajstić information content (AvgIpc) is 2.75. The molecule has 1 spiro atoms. The van der Waals surface area contributed by atoms with E-state index in [0.717, 1.165) is 38.1 Å². The minimum absolute atomic E-state index is 0.0617. The highest BCUT2D eigenvalue weighted by atomic mass is 19.4. The smallest absolute Gasteiger partial charge is 0.317 e. The Morgan fingerprint density at radius 2 is 1.86 bits per heavy atom. The Labute approximate surface area is 125 Å². The van der Waals surface area contributed by atoms with Gasteiger partial charge in [0.25, 0.3) is 0 Å². The third kappa shape index (κ3) is 2.69. The molecule has 1 amide bonds. The number of hydrogen-bond acceptors (Lipinski definition) is 2. The van der Waals surface area contributed by atoms with Gasteiger partial charge >= 0.3 is 6.18 Å². The van der Waals surface area contributed by atoms with Crippen LogP contribution in [0, 0.1) is 11.2 Å². The van der Waals surface area contributed by atoms with Crippen molar-refractivity contribution in [2.75, 3.05) is 24.5 Å². The Kier molecular flexibility index (Phi) is 3.63. The number of hydrogen-bond donors (Lipinski definition) is 1. The summed E-state index contributed by atoms with van der Waals surface area (Å²) < 4.78 is 51.8. The van der Waals surface area contributed by atoms with Gasteiger partial charge in [0.15, 0.2) is 0 Å². The molecule has 2 heterocycles. The molecule has 22 heavy (non-hydrogen) atoms.